The first-order valence-electron chi connectivity index (χ1n) is 1.78. The lowest BCUT2D eigenvalue weighted by Crippen LogP contribution is -1.65. The highest BCUT2D eigenvalue weighted by Crippen LogP contribution is 1.84. The first kappa shape index (κ1) is 4.96. The van der Waals surface area contributed by atoms with Crippen LogP contribution in [0.25, 0.3) is 0 Å². The molecule has 0 aliphatic carbocycles. The van der Waals surface area contributed by atoms with Gasteiger partial charge in [-0.2, -0.15) is 0 Å². The first-order chi connectivity index (χ1) is 2.41. The number of rotatable bonds is 2. The van der Waals surface area contributed by atoms with E-state index in [1.807, 2.05) is 13.5 Å². The molecule has 1 heteroatoms. The Bertz CT molecular complexity index is 11.1. The third kappa shape index (κ3) is 3.96. The van der Waals surface area contributed by atoms with E-state index in [1.165, 1.54) is 0 Å². The molecule has 1 N–H and O–H groups in total. The predicted molar refractivity (Wildman–Crippen MR) is 20.1 cm³/mol. The van der Waals surface area contributed by atoms with Gasteiger partial charge >= 0.3 is 0 Å². The van der Waals surface area contributed by atoms with Crippen LogP contribution in [0.5, 0.6) is 0 Å². The van der Waals surface area contributed by atoms with Crippen LogP contribution in [0.15, 0.2) is 0 Å². The monoisotopic (exact) mass is 72.1 g/mol. The molecule has 0 rings (SSSR count). The summed E-state index contributed by atoms with van der Waals surface area (Å²) in [7, 11) is 0. The van der Waals surface area contributed by atoms with Crippen LogP contribution in [0.1, 0.15) is 19.8 Å². The lowest BCUT2D eigenvalue weighted by Gasteiger charge is -1.76. The van der Waals surface area contributed by atoms with E-state index < -0.39 is 0 Å². The summed E-state index contributed by atoms with van der Waals surface area (Å²) in [6, 6.07) is 0. The number of aliphatic hydroxyl groups excluding tert-OH is 1. The van der Waals surface area contributed by atoms with Crippen LogP contribution >= 0.6 is 0 Å². The Balaban J connectivity index is 2.19. The molecular formula is C4H8O. The summed E-state index contributed by atoms with van der Waals surface area (Å²) in [5, 5.41) is 7.82. The van der Waals surface area contributed by atoms with E-state index in [0.29, 0.717) is 6.42 Å². The fourth-order valence-electron chi connectivity index (χ4n) is 0.112. The van der Waals surface area contributed by atoms with Crippen molar-refractivity contribution in [1.29, 1.82) is 0 Å². The highest BCUT2D eigenvalue weighted by molar-refractivity contribution is 4.39. The minimum absolute atomic E-state index is 0.694. The van der Waals surface area contributed by atoms with Crippen molar-refractivity contribution in [2.45, 2.75) is 19.8 Å². The Labute approximate surface area is 32.6 Å². The summed E-state index contributed by atoms with van der Waals surface area (Å²) in [5.74, 6) is 0. The summed E-state index contributed by atoms with van der Waals surface area (Å²) in [6.45, 7) is 4.01. The van der Waals surface area contributed by atoms with Crippen LogP contribution in [-0.4, -0.2) is 5.11 Å². The zero-order chi connectivity index (χ0) is 4.12. The van der Waals surface area contributed by atoms with E-state index in [2.05, 4.69) is 0 Å². The maximum Gasteiger partial charge on any atom is 0.128 e. The third-order valence-corrected chi connectivity index (χ3v) is 0.362. The van der Waals surface area contributed by atoms with Gasteiger partial charge in [-0.05, 0) is 6.42 Å². The molecule has 5 heavy (non-hydrogen) atoms. The summed E-state index contributed by atoms with van der Waals surface area (Å²) in [6.07, 6.45) is 1.68. The summed E-state index contributed by atoms with van der Waals surface area (Å²) in [5.41, 5.74) is 0. The molecule has 0 aliphatic heterocycles. The van der Waals surface area contributed by atoms with E-state index in [9.17, 15) is 0 Å². The molecule has 0 aromatic heterocycles. The molecule has 0 amide bonds. The fourth-order valence-corrected chi connectivity index (χ4v) is 0.112. The second kappa shape index (κ2) is 3.96. The van der Waals surface area contributed by atoms with Crippen LogP contribution in [0.2, 0.25) is 0 Å². The Morgan fingerprint density at radius 2 is 2.40 bits per heavy atom. The maximum atomic E-state index is 7.82. The summed E-state index contributed by atoms with van der Waals surface area (Å²) < 4.78 is 0. The molecule has 0 atom stereocenters. The van der Waals surface area contributed by atoms with Crippen molar-refractivity contribution in [2.24, 2.45) is 0 Å². The van der Waals surface area contributed by atoms with Crippen molar-refractivity contribution >= 4 is 0 Å². The van der Waals surface area contributed by atoms with Crippen LogP contribution in [0.3, 0.4) is 0 Å². The lowest BCUT2D eigenvalue weighted by molar-refractivity contribution is 0.373. The predicted octanol–water partition coefficient (Wildman–Crippen LogP) is 1.20. The molecule has 0 unspecified atom stereocenters. The molecule has 0 bridgehead atoms. The molecule has 0 aromatic carbocycles. The minimum atomic E-state index is 0.694. The van der Waals surface area contributed by atoms with Crippen LogP contribution < -0.4 is 0 Å². The number of hydrogen-bond acceptors (Lipinski definition) is 1. The molecule has 0 heterocycles. The molecular weight excluding hydrogens is 64.0 g/mol. The third-order valence-electron chi connectivity index (χ3n) is 0.362. The number of aliphatic hydroxyl groups is 1. The standard InChI is InChI=1S/C4H8O/c1-2-3-4-5/h5H,2-3H2,1H3. The van der Waals surface area contributed by atoms with Gasteiger partial charge in [0.15, 0.2) is 0 Å². The minimum Gasteiger partial charge on any atom is -0.384 e. The molecule has 0 fully saturated rings. The molecule has 0 saturated heterocycles. The van der Waals surface area contributed by atoms with Crippen LogP contribution in [0, 0.1) is 6.61 Å². The topological polar surface area (TPSA) is 20.2 Å². The quantitative estimate of drug-likeness (QED) is 0.519. The zero-order valence-electron chi connectivity index (χ0n) is 3.36. The molecule has 2 radical (unpaired) electrons. The summed E-state index contributed by atoms with van der Waals surface area (Å²) in [4.78, 5) is 0. The van der Waals surface area contributed by atoms with Crippen molar-refractivity contribution in [1.82, 2.24) is 0 Å². The zero-order valence-corrected chi connectivity index (χ0v) is 3.36. The van der Waals surface area contributed by atoms with Crippen molar-refractivity contribution in [2.75, 3.05) is 0 Å². The SMILES string of the molecule is CCC[C]O. The average molecular weight is 72.1 g/mol. The lowest BCUT2D eigenvalue weighted by atomic mass is 10.4. The normalized spacial score (nSPS) is 8.40. The van der Waals surface area contributed by atoms with E-state index in [-0.39, 0.29) is 0 Å². The molecule has 0 saturated carbocycles. The van der Waals surface area contributed by atoms with Gasteiger partial charge in [0.25, 0.3) is 0 Å². The number of unbranched alkanes of at least 4 members (excludes halogenated alkanes) is 1. The Kier molecular flexibility index (Phi) is 3.93. The van der Waals surface area contributed by atoms with E-state index >= 15 is 0 Å². The Morgan fingerprint density at radius 1 is 1.80 bits per heavy atom. The van der Waals surface area contributed by atoms with Gasteiger partial charge < -0.3 is 5.11 Å². The first-order valence-corrected chi connectivity index (χ1v) is 1.78. The van der Waals surface area contributed by atoms with Gasteiger partial charge in [0.1, 0.15) is 6.61 Å². The smallest absolute Gasteiger partial charge is 0.128 e. The molecule has 0 aliphatic rings. The molecule has 1 nitrogen and oxygen atoms in total. The van der Waals surface area contributed by atoms with Gasteiger partial charge in [-0.25, -0.2) is 0 Å². The highest BCUT2D eigenvalue weighted by atomic mass is 16.2. The van der Waals surface area contributed by atoms with E-state index in [0.717, 1.165) is 6.42 Å². The van der Waals surface area contributed by atoms with Gasteiger partial charge in [0, 0.05) is 0 Å². The average Bonchev–Trinajstić information content (AvgIpc) is 1.41. The largest absolute Gasteiger partial charge is 0.384 e. The van der Waals surface area contributed by atoms with Crippen molar-refractivity contribution in [3.8, 4) is 0 Å². The second-order valence-electron chi connectivity index (χ2n) is 0.908. The van der Waals surface area contributed by atoms with E-state index in [4.69, 9.17) is 5.11 Å². The molecule has 0 aromatic rings. The van der Waals surface area contributed by atoms with Gasteiger partial charge in [-0.15, -0.1) is 0 Å². The van der Waals surface area contributed by atoms with Gasteiger partial charge in [-0.3, -0.25) is 0 Å². The van der Waals surface area contributed by atoms with Gasteiger partial charge in [-0.1, -0.05) is 13.3 Å². The van der Waals surface area contributed by atoms with Crippen molar-refractivity contribution in [3.05, 3.63) is 6.61 Å². The van der Waals surface area contributed by atoms with Crippen LogP contribution in [-0.2, 0) is 0 Å². The second-order valence-corrected chi connectivity index (χ2v) is 0.908. The van der Waals surface area contributed by atoms with Crippen LogP contribution in [0.4, 0.5) is 0 Å². The van der Waals surface area contributed by atoms with Gasteiger partial charge in [0.2, 0.25) is 0 Å². The maximum absolute atomic E-state index is 7.82. The highest BCUT2D eigenvalue weighted by Gasteiger charge is 1.72. The summed E-state index contributed by atoms with van der Waals surface area (Å²) >= 11 is 0. The van der Waals surface area contributed by atoms with E-state index in [1.54, 1.807) is 0 Å². The molecule has 0 spiro atoms. The van der Waals surface area contributed by atoms with Gasteiger partial charge in [0.05, 0.1) is 0 Å². The van der Waals surface area contributed by atoms with Crippen molar-refractivity contribution in [3.63, 3.8) is 0 Å². The Hall–Kier alpha value is -0.0400. The van der Waals surface area contributed by atoms with Crippen molar-refractivity contribution < 1.29 is 5.11 Å². The fraction of sp³-hybridized carbons (Fsp3) is 0.750. The number of hydrogen-bond donors (Lipinski definition) is 1. The molecule has 30 valence electrons. The Morgan fingerprint density at radius 3 is 2.40 bits per heavy atom.